The van der Waals surface area contributed by atoms with Gasteiger partial charge in [-0.15, -0.1) is 5.10 Å². The van der Waals surface area contributed by atoms with Crippen molar-refractivity contribution in [2.24, 2.45) is 5.73 Å². The molecule has 1 amide bonds. The number of amides is 1. The van der Waals surface area contributed by atoms with Crippen molar-refractivity contribution in [3.63, 3.8) is 0 Å². The lowest BCUT2D eigenvalue weighted by Crippen LogP contribution is -2.56. The number of aromatic nitrogens is 4. The van der Waals surface area contributed by atoms with Gasteiger partial charge in [-0.2, -0.15) is 4.98 Å². The largest absolute Gasteiger partial charge is 0.463 e. The maximum absolute atomic E-state index is 14.7. The van der Waals surface area contributed by atoms with E-state index in [0.29, 0.717) is 17.1 Å². The fourth-order valence-corrected chi connectivity index (χ4v) is 3.91. The Labute approximate surface area is 179 Å². The zero-order chi connectivity index (χ0) is 22.8. The van der Waals surface area contributed by atoms with Crippen LogP contribution in [-0.2, 0) is 9.53 Å². The molecular weight excluding hydrogens is 427 g/mol. The molecule has 32 heavy (non-hydrogen) atoms. The third-order valence-corrected chi connectivity index (χ3v) is 5.42. The number of primary amides is 1. The summed E-state index contributed by atoms with van der Waals surface area (Å²) >= 11 is 0. The predicted octanol–water partition coefficient (Wildman–Crippen LogP) is 2.29. The number of hydrogen-bond donors (Lipinski definition) is 1. The number of ether oxygens (including phenoxy) is 1. The number of nitrogens with two attached hydrogens (primary N) is 1. The van der Waals surface area contributed by atoms with Crippen LogP contribution in [0.3, 0.4) is 0 Å². The molecule has 1 aromatic carbocycles. The van der Waals surface area contributed by atoms with Gasteiger partial charge in [0.05, 0.1) is 42.4 Å². The molecule has 0 saturated carbocycles. The molecule has 2 N–H and O–H groups in total. The highest BCUT2D eigenvalue weighted by atomic mass is 19.3. The van der Waals surface area contributed by atoms with E-state index in [1.807, 2.05) is 0 Å². The van der Waals surface area contributed by atoms with Crippen LogP contribution < -0.4 is 15.5 Å². The standard InChI is InChI=1S/C20H18F3N7O2/c1-10-16(17(24)31)32-11(2)30(10)12-3-4-15(21)14(5-12)18-26-19-25-6-13(7-29(19)27-18)28-8-20(22,23)9-28/h3-7,11H,8-9H2,1-2H3,(H2,24,31). The lowest BCUT2D eigenvalue weighted by atomic mass is 10.1. The Morgan fingerprint density at radius 1 is 1.28 bits per heavy atom. The maximum Gasteiger partial charge on any atom is 0.285 e. The number of carbonyl (C=O) groups is 1. The van der Waals surface area contributed by atoms with Crippen molar-refractivity contribution in [2.75, 3.05) is 22.9 Å². The average Bonchev–Trinajstić information content (AvgIpc) is 3.26. The van der Waals surface area contributed by atoms with Crippen molar-refractivity contribution in [3.8, 4) is 11.4 Å². The molecule has 2 aliphatic heterocycles. The summed E-state index contributed by atoms with van der Waals surface area (Å²) in [6, 6.07) is 4.34. The lowest BCUT2D eigenvalue weighted by molar-refractivity contribution is -0.118. The summed E-state index contributed by atoms with van der Waals surface area (Å²) < 4.78 is 47.9. The first-order valence-electron chi connectivity index (χ1n) is 9.75. The molecule has 166 valence electrons. The molecule has 2 aliphatic rings. The molecule has 1 atom stereocenters. The fourth-order valence-electron chi connectivity index (χ4n) is 3.91. The number of nitrogens with zero attached hydrogens (tertiary/aromatic N) is 6. The second-order valence-electron chi connectivity index (χ2n) is 7.73. The number of hydrogen-bond acceptors (Lipinski definition) is 7. The normalized spacial score (nSPS) is 20.0. The van der Waals surface area contributed by atoms with Crippen molar-refractivity contribution in [1.82, 2.24) is 19.6 Å². The molecule has 5 rings (SSSR count). The summed E-state index contributed by atoms with van der Waals surface area (Å²) in [5.41, 5.74) is 6.99. The van der Waals surface area contributed by atoms with Crippen LogP contribution >= 0.6 is 0 Å². The monoisotopic (exact) mass is 445 g/mol. The minimum absolute atomic E-state index is 0.0440. The lowest BCUT2D eigenvalue weighted by Gasteiger charge is -2.39. The molecule has 2 aromatic heterocycles. The molecule has 1 fully saturated rings. The van der Waals surface area contributed by atoms with Crippen molar-refractivity contribution in [1.29, 1.82) is 0 Å². The Morgan fingerprint density at radius 2 is 2.03 bits per heavy atom. The van der Waals surface area contributed by atoms with Gasteiger partial charge in [0.2, 0.25) is 5.76 Å². The van der Waals surface area contributed by atoms with Gasteiger partial charge in [0.1, 0.15) is 5.82 Å². The number of fused-ring (bicyclic) bond motifs is 1. The number of rotatable bonds is 4. The summed E-state index contributed by atoms with van der Waals surface area (Å²) in [6.45, 7) is 2.63. The molecule has 1 saturated heterocycles. The zero-order valence-corrected chi connectivity index (χ0v) is 17.1. The van der Waals surface area contributed by atoms with Gasteiger partial charge in [0.15, 0.2) is 12.1 Å². The molecule has 12 heteroatoms. The minimum Gasteiger partial charge on any atom is -0.463 e. The molecule has 0 spiro atoms. The van der Waals surface area contributed by atoms with Gasteiger partial charge < -0.3 is 20.3 Å². The van der Waals surface area contributed by atoms with Crippen LogP contribution in [-0.4, -0.2) is 50.7 Å². The molecule has 9 nitrogen and oxygen atoms in total. The molecule has 0 bridgehead atoms. The van der Waals surface area contributed by atoms with Gasteiger partial charge in [-0.1, -0.05) is 0 Å². The van der Waals surface area contributed by atoms with Crippen molar-refractivity contribution in [2.45, 2.75) is 26.0 Å². The predicted molar refractivity (Wildman–Crippen MR) is 108 cm³/mol. The van der Waals surface area contributed by atoms with Gasteiger partial charge in [-0.05, 0) is 32.0 Å². The van der Waals surface area contributed by atoms with Crippen molar-refractivity contribution >= 4 is 23.1 Å². The van der Waals surface area contributed by atoms with E-state index in [0.717, 1.165) is 0 Å². The Balaban J connectivity index is 1.50. The van der Waals surface area contributed by atoms with Crippen LogP contribution in [0.4, 0.5) is 24.5 Å². The second-order valence-corrected chi connectivity index (χ2v) is 7.73. The maximum atomic E-state index is 14.7. The SMILES string of the molecule is CC1=C(C(N)=O)OC(C)N1c1ccc(F)c(-c2nc3ncc(N4CC(F)(F)C4)cn3n2)c1. The fraction of sp³-hybridized carbons (Fsp3) is 0.300. The highest BCUT2D eigenvalue weighted by Crippen LogP contribution is 2.35. The first-order valence-corrected chi connectivity index (χ1v) is 9.75. The Hall–Kier alpha value is -3.83. The summed E-state index contributed by atoms with van der Waals surface area (Å²) in [7, 11) is 0. The number of alkyl halides is 2. The second kappa shape index (κ2) is 6.84. The van der Waals surface area contributed by atoms with Gasteiger partial charge in [-0.3, -0.25) is 4.79 Å². The van der Waals surface area contributed by atoms with Crippen molar-refractivity contribution in [3.05, 3.63) is 47.9 Å². The molecular formula is C20H18F3N7O2. The van der Waals surface area contributed by atoms with E-state index in [1.54, 1.807) is 24.8 Å². The van der Waals surface area contributed by atoms with E-state index >= 15 is 0 Å². The van der Waals surface area contributed by atoms with Crippen LogP contribution in [0, 0.1) is 5.82 Å². The summed E-state index contributed by atoms with van der Waals surface area (Å²) in [4.78, 5) is 23.2. The van der Waals surface area contributed by atoms with E-state index < -0.39 is 37.0 Å². The van der Waals surface area contributed by atoms with Crippen LogP contribution in [0.2, 0.25) is 0 Å². The first-order chi connectivity index (χ1) is 15.1. The Bertz CT molecular complexity index is 1280. The van der Waals surface area contributed by atoms with E-state index in [-0.39, 0.29) is 22.9 Å². The zero-order valence-electron chi connectivity index (χ0n) is 17.1. The van der Waals surface area contributed by atoms with E-state index in [9.17, 15) is 18.0 Å². The summed E-state index contributed by atoms with van der Waals surface area (Å²) in [6.07, 6.45) is 2.43. The number of benzene rings is 1. The highest BCUT2D eigenvalue weighted by molar-refractivity contribution is 5.92. The van der Waals surface area contributed by atoms with Gasteiger partial charge in [0, 0.05) is 5.69 Å². The number of anilines is 2. The Kier molecular flexibility index (Phi) is 4.29. The molecule has 4 heterocycles. The molecule has 0 radical (unpaired) electrons. The highest BCUT2D eigenvalue weighted by Gasteiger charge is 2.44. The number of carbonyl (C=O) groups excluding carboxylic acids is 1. The smallest absolute Gasteiger partial charge is 0.285 e. The third-order valence-electron chi connectivity index (χ3n) is 5.42. The van der Waals surface area contributed by atoms with E-state index in [4.69, 9.17) is 10.5 Å². The van der Waals surface area contributed by atoms with Crippen LogP contribution in [0.15, 0.2) is 42.0 Å². The molecule has 3 aromatic rings. The molecule has 0 aliphatic carbocycles. The summed E-state index contributed by atoms with van der Waals surface area (Å²) in [5.74, 6) is -3.65. The van der Waals surface area contributed by atoms with Gasteiger partial charge in [0.25, 0.3) is 17.6 Å². The van der Waals surface area contributed by atoms with Crippen LogP contribution in [0.1, 0.15) is 13.8 Å². The van der Waals surface area contributed by atoms with E-state index in [1.165, 1.54) is 33.9 Å². The average molecular weight is 445 g/mol. The topological polar surface area (TPSA) is 102 Å². The van der Waals surface area contributed by atoms with Crippen molar-refractivity contribution < 1.29 is 22.7 Å². The van der Waals surface area contributed by atoms with Crippen LogP contribution in [0.5, 0.6) is 0 Å². The molecule has 1 unspecified atom stereocenters. The van der Waals surface area contributed by atoms with Gasteiger partial charge >= 0.3 is 0 Å². The number of allylic oxidation sites excluding steroid dienone is 1. The van der Waals surface area contributed by atoms with E-state index in [2.05, 4.69) is 15.1 Å². The van der Waals surface area contributed by atoms with Gasteiger partial charge in [-0.25, -0.2) is 22.7 Å². The summed E-state index contributed by atoms with van der Waals surface area (Å²) in [5, 5.41) is 4.28. The quantitative estimate of drug-likeness (QED) is 0.657. The number of halogens is 3. The third kappa shape index (κ3) is 3.18. The first kappa shape index (κ1) is 20.1. The Morgan fingerprint density at radius 3 is 2.69 bits per heavy atom. The van der Waals surface area contributed by atoms with Crippen LogP contribution in [0.25, 0.3) is 17.2 Å². The minimum atomic E-state index is -2.72.